The molecule has 0 aliphatic carbocycles. The van der Waals surface area contributed by atoms with Gasteiger partial charge in [0.05, 0.1) is 25.3 Å². The van der Waals surface area contributed by atoms with Gasteiger partial charge in [0.1, 0.15) is 17.8 Å². The maximum atomic E-state index is 14.2. The van der Waals surface area contributed by atoms with Crippen molar-refractivity contribution in [3.05, 3.63) is 59.7 Å². The van der Waals surface area contributed by atoms with E-state index < -0.39 is 23.8 Å². The molecule has 1 aromatic carbocycles. The van der Waals surface area contributed by atoms with Crippen molar-refractivity contribution < 1.29 is 18.4 Å². The number of benzene rings is 1. The first-order chi connectivity index (χ1) is 13.9. The highest BCUT2D eigenvalue weighted by molar-refractivity contribution is 5.95. The quantitative estimate of drug-likeness (QED) is 0.673. The first-order valence-corrected chi connectivity index (χ1v) is 9.00. The summed E-state index contributed by atoms with van der Waals surface area (Å²) >= 11 is 0. The van der Waals surface area contributed by atoms with Gasteiger partial charge in [0.25, 0.3) is 5.91 Å². The van der Waals surface area contributed by atoms with Crippen LogP contribution in [0.1, 0.15) is 28.5 Å². The number of alkyl halides is 1. The maximum Gasteiger partial charge on any atom is 0.272 e. The number of halogens is 2. The van der Waals surface area contributed by atoms with Crippen molar-refractivity contribution in [2.75, 3.05) is 18.0 Å². The van der Waals surface area contributed by atoms with Crippen molar-refractivity contribution >= 4 is 23.3 Å². The van der Waals surface area contributed by atoms with E-state index in [4.69, 9.17) is 5.73 Å². The Bertz CT molecular complexity index is 1090. The molecule has 0 saturated carbocycles. The number of carbonyl (C=O) groups excluding carboxylic acids is 2. The third-order valence-corrected chi connectivity index (χ3v) is 4.78. The minimum absolute atomic E-state index is 0.0948. The summed E-state index contributed by atoms with van der Waals surface area (Å²) in [6.45, 7) is -0.222. The Morgan fingerprint density at radius 1 is 1.28 bits per heavy atom. The highest BCUT2D eigenvalue weighted by atomic mass is 19.1. The van der Waals surface area contributed by atoms with Crippen LogP contribution in [0.25, 0.3) is 5.65 Å². The van der Waals surface area contributed by atoms with Gasteiger partial charge in [-0.15, -0.1) is 5.10 Å². The number of anilines is 1. The summed E-state index contributed by atoms with van der Waals surface area (Å²) in [7, 11) is 0. The van der Waals surface area contributed by atoms with Crippen molar-refractivity contribution in [2.45, 2.75) is 18.6 Å². The Morgan fingerprint density at radius 2 is 2.10 bits per heavy atom. The molecule has 2 aromatic heterocycles. The molecule has 1 fully saturated rings. The number of aromatic nitrogens is 3. The summed E-state index contributed by atoms with van der Waals surface area (Å²) < 4.78 is 29.2. The summed E-state index contributed by atoms with van der Waals surface area (Å²) in [6.07, 6.45) is 0.440. The average Bonchev–Trinajstić information content (AvgIpc) is 3.29. The molecule has 8 nitrogen and oxygen atoms in total. The lowest BCUT2D eigenvalue weighted by Crippen LogP contribution is -2.34. The van der Waals surface area contributed by atoms with E-state index in [-0.39, 0.29) is 31.2 Å². The largest absolute Gasteiger partial charge is 0.368 e. The van der Waals surface area contributed by atoms with Gasteiger partial charge < -0.3 is 16.0 Å². The molecule has 10 heteroatoms. The molecule has 2 atom stereocenters. The van der Waals surface area contributed by atoms with Crippen LogP contribution in [-0.2, 0) is 4.79 Å². The third kappa shape index (κ3) is 3.73. The number of fused-ring (bicyclic) bond motifs is 1. The number of hydrogen-bond acceptors (Lipinski definition) is 5. The van der Waals surface area contributed by atoms with Crippen LogP contribution in [0.5, 0.6) is 0 Å². The molecule has 1 aliphatic rings. The van der Waals surface area contributed by atoms with Crippen LogP contribution in [0.15, 0.2) is 42.6 Å². The fourth-order valence-corrected chi connectivity index (χ4v) is 3.50. The van der Waals surface area contributed by atoms with Gasteiger partial charge in [0.15, 0.2) is 11.3 Å². The molecule has 0 bridgehead atoms. The number of carbonyl (C=O) groups is 2. The van der Waals surface area contributed by atoms with Crippen LogP contribution in [0, 0.1) is 5.82 Å². The average molecular weight is 400 g/mol. The van der Waals surface area contributed by atoms with Crippen LogP contribution < -0.4 is 16.0 Å². The number of nitrogens with zero attached hydrogens (tertiary/aromatic N) is 4. The van der Waals surface area contributed by atoms with Crippen molar-refractivity contribution in [2.24, 2.45) is 5.73 Å². The first kappa shape index (κ1) is 18.8. The van der Waals surface area contributed by atoms with Gasteiger partial charge in [-0.05, 0) is 29.8 Å². The molecule has 4 rings (SSSR count). The lowest BCUT2D eigenvalue weighted by Gasteiger charge is -2.25. The fraction of sp³-hybridized carbons (Fsp3) is 0.263. The number of nitrogens with two attached hydrogens (primary N) is 1. The number of imidazole rings is 1. The minimum atomic E-state index is -1.10. The Balaban J connectivity index is 1.68. The molecule has 0 spiro atoms. The zero-order valence-electron chi connectivity index (χ0n) is 15.3. The van der Waals surface area contributed by atoms with E-state index in [0.717, 1.165) is 0 Å². The van der Waals surface area contributed by atoms with Crippen LogP contribution in [0.3, 0.4) is 0 Å². The molecule has 0 radical (unpaired) electrons. The SMILES string of the molecule is NC(=O)CNC(=O)c1cnc2ccc(N3C[C@@H](F)CC3c3cccc(F)c3)nn12. The van der Waals surface area contributed by atoms with Crippen LogP contribution in [0.2, 0.25) is 0 Å². The molecule has 3 aromatic rings. The summed E-state index contributed by atoms with van der Waals surface area (Å²) in [5.41, 5.74) is 6.22. The normalized spacial score (nSPS) is 18.9. The van der Waals surface area contributed by atoms with Gasteiger partial charge >= 0.3 is 0 Å². The van der Waals surface area contributed by atoms with Crippen LogP contribution in [0.4, 0.5) is 14.6 Å². The first-order valence-electron chi connectivity index (χ1n) is 9.00. The molecular formula is C19H18F2N6O2. The van der Waals surface area contributed by atoms with Gasteiger partial charge in [-0.2, -0.15) is 0 Å². The third-order valence-electron chi connectivity index (χ3n) is 4.78. The predicted molar refractivity (Wildman–Crippen MR) is 101 cm³/mol. The lowest BCUT2D eigenvalue weighted by atomic mass is 10.0. The van der Waals surface area contributed by atoms with Crippen molar-refractivity contribution in [3.8, 4) is 0 Å². The second-order valence-electron chi connectivity index (χ2n) is 6.81. The van der Waals surface area contributed by atoms with Crippen molar-refractivity contribution in [3.63, 3.8) is 0 Å². The van der Waals surface area contributed by atoms with Gasteiger partial charge in [-0.1, -0.05) is 12.1 Å². The number of amides is 2. The van der Waals surface area contributed by atoms with Crippen LogP contribution >= 0.6 is 0 Å². The van der Waals surface area contributed by atoms with E-state index >= 15 is 0 Å². The summed E-state index contributed by atoms with van der Waals surface area (Å²) in [5.74, 6) is -1.21. The monoisotopic (exact) mass is 400 g/mol. The van der Waals surface area contributed by atoms with Crippen molar-refractivity contribution in [1.82, 2.24) is 19.9 Å². The van der Waals surface area contributed by atoms with E-state index in [9.17, 15) is 18.4 Å². The van der Waals surface area contributed by atoms with E-state index in [2.05, 4.69) is 15.4 Å². The van der Waals surface area contributed by atoms with Gasteiger partial charge in [0, 0.05) is 6.42 Å². The molecule has 2 amide bonds. The maximum absolute atomic E-state index is 14.2. The minimum Gasteiger partial charge on any atom is -0.368 e. The molecular weight excluding hydrogens is 382 g/mol. The Hall–Kier alpha value is -3.56. The smallest absolute Gasteiger partial charge is 0.272 e. The highest BCUT2D eigenvalue weighted by Crippen LogP contribution is 2.36. The predicted octanol–water partition coefficient (Wildman–Crippen LogP) is 1.37. The number of primary amides is 1. The highest BCUT2D eigenvalue weighted by Gasteiger charge is 2.34. The molecule has 29 heavy (non-hydrogen) atoms. The zero-order chi connectivity index (χ0) is 20.5. The van der Waals surface area contributed by atoms with Gasteiger partial charge in [0.2, 0.25) is 5.91 Å². The molecule has 3 N–H and O–H groups in total. The topological polar surface area (TPSA) is 106 Å². The van der Waals surface area contributed by atoms with E-state index in [0.29, 0.717) is 17.0 Å². The number of rotatable bonds is 5. The Morgan fingerprint density at radius 3 is 2.86 bits per heavy atom. The fourth-order valence-electron chi connectivity index (χ4n) is 3.50. The summed E-state index contributed by atoms with van der Waals surface area (Å²) in [6, 6.07) is 9.00. The molecule has 1 aliphatic heterocycles. The van der Waals surface area contributed by atoms with Gasteiger partial charge in [-0.3, -0.25) is 9.59 Å². The molecule has 3 heterocycles. The van der Waals surface area contributed by atoms with Crippen LogP contribution in [-0.4, -0.2) is 45.7 Å². The van der Waals surface area contributed by atoms with Crippen molar-refractivity contribution in [1.29, 1.82) is 0 Å². The Labute approximate surface area is 164 Å². The second-order valence-corrected chi connectivity index (χ2v) is 6.81. The standard InChI is InChI=1S/C19H18F2N6O2/c20-12-3-1-2-11(6-12)14-7-13(21)10-26(14)18-5-4-17-23-8-15(27(17)25-18)19(29)24-9-16(22)28/h1-6,8,13-14H,7,9-10H2,(H2,22,28)(H,24,29)/t13-,14?/m0/s1. The van der Waals surface area contributed by atoms with E-state index in [1.165, 1.54) is 22.8 Å². The molecule has 150 valence electrons. The number of hydrogen-bond donors (Lipinski definition) is 2. The summed E-state index contributed by atoms with van der Waals surface area (Å²) in [4.78, 5) is 29.0. The molecule has 1 saturated heterocycles. The zero-order valence-corrected chi connectivity index (χ0v) is 15.3. The lowest BCUT2D eigenvalue weighted by molar-refractivity contribution is -0.117. The number of nitrogens with one attached hydrogen (secondary N) is 1. The van der Waals surface area contributed by atoms with E-state index in [1.807, 2.05) is 0 Å². The summed E-state index contributed by atoms with van der Waals surface area (Å²) in [5, 5.41) is 6.82. The molecule has 1 unspecified atom stereocenters. The van der Waals surface area contributed by atoms with Gasteiger partial charge in [-0.25, -0.2) is 18.3 Å². The van der Waals surface area contributed by atoms with E-state index in [1.54, 1.807) is 29.2 Å². The second kappa shape index (κ2) is 7.46. The Kier molecular flexibility index (Phi) is 4.83.